The van der Waals surface area contributed by atoms with Crippen molar-refractivity contribution in [3.8, 4) is 0 Å². The molecule has 0 saturated carbocycles. The fraction of sp³-hybridized carbons (Fsp3) is 0.222. The first-order valence-corrected chi connectivity index (χ1v) is 8.22. The van der Waals surface area contributed by atoms with Gasteiger partial charge in [-0.15, -0.1) is 0 Å². The molecule has 0 aliphatic heterocycles. The molecule has 2 rings (SSSR count). The van der Waals surface area contributed by atoms with E-state index >= 15 is 0 Å². The predicted octanol–water partition coefficient (Wildman–Crippen LogP) is 4.04. The van der Waals surface area contributed by atoms with E-state index in [0.29, 0.717) is 5.56 Å². The molecule has 0 aliphatic rings. The molecular weight excluding hydrogens is 374 g/mol. The molecular formula is C18H16BrNO4. The fourth-order valence-electron chi connectivity index (χ4n) is 2.45. The van der Waals surface area contributed by atoms with Crippen LogP contribution in [0.2, 0.25) is 0 Å². The molecule has 24 heavy (non-hydrogen) atoms. The largest absolute Gasteiger partial charge is 0.299 e. The number of carbonyl (C=O) groups is 2. The Bertz CT molecular complexity index is 728. The van der Waals surface area contributed by atoms with Gasteiger partial charge >= 0.3 is 0 Å². The highest BCUT2D eigenvalue weighted by Gasteiger charge is 2.23. The van der Waals surface area contributed by atoms with Crippen LogP contribution < -0.4 is 0 Å². The van der Waals surface area contributed by atoms with Crippen LogP contribution >= 0.6 is 15.9 Å². The number of benzene rings is 2. The smallest absolute Gasteiger partial charge is 0.211 e. The number of ketones is 2. The Kier molecular flexibility index (Phi) is 6.37. The van der Waals surface area contributed by atoms with E-state index in [0.717, 1.165) is 10.0 Å². The van der Waals surface area contributed by atoms with Crippen LogP contribution in [0.3, 0.4) is 0 Å². The van der Waals surface area contributed by atoms with Gasteiger partial charge in [0.1, 0.15) is 5.78 Å². The van der Waals surface area contributed by atoms with Gasteiger partial charge in [-0.3, -0.25) is 19.7 Å². The summed E-state index contributed by atoms with van der Waals surface area (Å²) >= 11 is 3.31. The molecule has 0 spiro atoms. The lowest BCUT2D eigenvalue weighted by atomic mass is 9.91. The SMILES string of the molecule is O=C(CC(=O)c1ccccc1)C[C@@H](C[N+](=O)[O-])c1ccc(Br)cc1. The molecule has 0 N–H and O–H groups in total. The molecule has 2 aromatic carbocycles. The number of halogens is 1. The topological polar surface area (TPSA) is 77.3 Å². The molecule has 5 nitrogen and oxygen atoms in total. The molecule has 0 unspecified atom stereocenters. The third kappa shape index (κ3) is 5.38. The molecule has 0 saturated heterocycles. The van der Waals surface area contributed by atoms with Crippen LogP contribution in [0.4, 0.5) is 0 Å². The monoisotopic (exact) mass is 389 g/mol. The third-order valence-electron chi connectivity index (χ3n) is 3.64. The Labute approximate surface area is 148 Å². The van der Waals surface area contributed by atoms with Gasteiger partial charge in [-0.05, 0) is 17.7 Å². The van der Waals surface area contributed by atoms with Crippen molar-refractivity contribution >= 4 is 27.5 Å². The summed E-state index contributed by atoms with van der Waals surface area (Å²) in [6.45, 7) is -0.340. The molecule has 124 valence electrons. The van der Waals surface area contributed by atoms with Crippen molar-refractivity contribution in [2.45, 2.75) is 18.8 Å². The molecule has 0 radical (unpaired) electrons. The van der Waals surface area contributed by atoms with E-state index in [2.05, 4.69) is 15.9 Å². The van der Waals surface area contributed by atoms with Crippen molar-refractivity contribution in [3.63, 3.8) is 0 Å². The van der Waals surface area contributed by atoms with Crippen LogP contribution in [0, 0.1) is 10.1 Å². The third-order valence-corrected chi connectivity index (χ3v) is 4.17. The molecule has 1 atom stereocenters. The Morgan fingerprint density at radius 3 is 2.25 bits per heavy atom. The maximum absolute atomic E-state index is 12.2. The van der Waals surface area contributed by atoms with Crippen LogP contribution in [-0.2, 0) is 4.79 Å². The van der Waals surface area contributed by atoms with Crippen LogP contribution in [0.5, 0.6) is 0 Å². The van der Waals surface area contributed by atoms with Gasteiger partial charge in [0.15, 0.2) is 5.78 Å². The average molecular weight is 390 g/mol. The number of Topliss-reactive ketones (excluding diaryl/α,β-unsaturated/α-hetero) is 2. The molecule has 0 aliphatic carbocycles. The summed E-state index contributed by atoms with van der Waals surface area (Å²) in [7, 11) is 0. The zero-order chi connectivity index (χ0) is 17.5. The normalized spacial score (nSPS) is 11.7. The first-order valence-electron chi connectivity index (χ1n) is 7.43. The summed E-state index contributed by atoms with van der Waals surface area (Å²) in [6, 6.07) is 15.6. The second-order valence-corrected chi connectivity index (χ2v) is 6.39. The molecule has 0 aromatic heterocycles. The lowest BCUT2D eigenvalue weighted by Gasteiger charge is -2.12. The van der Waals surface area contributed by atoms with E-state index in [4.69, 9.17) is 0 Å². The van der Waals surface area contributed by atoms with Crippen molar-refractivity contribution in [3.05, 3.63) is 80.3 Å². The minimum Gasteiger partial charge on any atom is -0.299 e. The fourth-order valence-corrected chi connectivity index (χ4v) is 2.72. The quantitative estimate of drug-likeness (QED) is 0.295. The van der Waals surface area contributed by atoms with Gasteiger partial charge in [0.05, 0.1) is 12.3 Å². The van der Waals surface area contributed by atoms with E-state index in [1.807, 2.05) is 0 Å². The summed E-state index contributed by atoms with van der Waals surface area (Å²) in [6.07, 6.45) is -0.268. The lowest BCUT2D eigenvalue weighted by Crippen LogP contribution is -2.18. The van der Waals surface area contributed by atoms with Crippen LogP contribution in [0.1, 0.15) is 34.7 Å². The van der Waals surface area contributed by atoms with Crippen LogP contribution in [0.15, 0.2) is 59.1 Å². The van der Waals surface area contributed by atoms with Gasteiger partial charge in [-0.2, -0.15) is 0 Å². The zero-order valence-corrected chi connectivity index (χ0v) is 14.4. The zero-order valence-electron chi connectivity index (χ0n) is 12.9. The minimum absolute atomic E-state index is 0.0266. The van der Waals surface area contributed by atoms with E-state index in [-0.39, 0.29) is 31.0 Å². The van der Waals surface area contributed by atoms with Crippen molar-refractivity contribution in [1.29, 1.82) is 0 Å². The second-order valence-electron chi connectivity index (χ2n) is 5.47. The molecule has 2 aromatic rings. The Morgan fingerprint density at radius 1 is 1.04 bits per heavy atom. The van der Waals surface area contributed by atoms with Gasteiger partial charge in [0.25, 0.3) is 0 Å². The number of rotatable bonds is 8. The molecule has 0 bridgehead atoms. The summed E-state index contributed by atoms with van der Waals surface area (Å²) in [5.74, 6) is -1.10. The number of hydrogen-bond acceptors (Lipinski definition) is 4. The molecule has 6 heteroatoms. The average Bonchev–Trinajstić information content (AvgIpc) is 2.55. The van der Waals surface area contributed by atoms with E-state index in [9.17, 15) is 19.7 Å². The molecule has 0 amide bonds. The number of nitrogens with zero attached hydrogens (tertiary/aromatic N) is 1. The predicted molar refractivity (Wildman–Crippen MR) is 93.8 cm³/mol. The summed E-state index contributed by atoms with van der Waals surface area (Å²) in [4.78, 5) is 34.7. The van der Waals surface area contributed by atoms with Gasteiger partial charge in [0, 0.05) is 21.4 Å². The Hall–Kier alpha value is -2.34. The van der Waals surface area contributed by atoms with Crippen LogP contribution in [-0.4, -0.2) is 23.0 Å². The first kappa shape index (κ1) is 18.0. The summed E-state index contributed by atoms with van der Waals surface area (Å²) in [5, 5.41) is 10.9. The van der Waals surface area contributed by atoms with Crippen LogP contribution in [0.25, 0.3) is 0 Å². The maximum Gasteiger partial charge on any atom is 0.211 e. The first-order chi connectivity index (χ1) is 11.5. The van der Waals surface area contributed by atoms with Gasteiger partial charge in [-0.25, -0.2) is 0 Å². The number of nitro groups is 1. The van der Waals surface area contributed by atoms with Crippen molar-refractivity contribution in [1.82, 2.24) is 0 Å². The van der Waals surface area contributed by atoms with E-state index < -0.39 is 10.8 Å². The highest BCUT2D eigenvalue weighted by atomic mass is 79.9. The van der Waals surface area contributed by atoms with Gasteiger partial charge < -0.3 is 0 Å². The summed E-state index contributed by atoms with van der Waals surface area (Å²) in [5.41, 5.74) is 1.19. The number of hydrogen-bond donors (Lipinski definition) is 0. The highest BCUT2D eigenvalue weighted by molar-refractivity contribution is 9.10. The standard InChI is InChI=1S/C18H16BrNO4/c19-16-8-6-13(7-9-16)15(12-20(23)24)10-17(21)11-18(22)14-4-2-1-3-5-14/h1-9,15H,10-12H2/t15-/m0/s1. The second kappa shape index (κ2) is 8.49. The highest BCUT2D eigenvalue weighted by Crippen LogP contribution is 2.23. The number of carbonyl (C=O) groups excluding carboxylic acids is 2. The lowest BCUT2D eigenvalue weighted by molar-refractivity contribution is -0.483. The Balaban J connectivity index is 2.05. The van der Waals surface area contributed by atoms with Crippen molar-refractivity contribution in [2.24, 2.45) is 0 Å². The molecule has 0 heterocycles. The van der Waals surface area contributed by atoms with E-state index in [1.54, 1.807) is 54.6 Å². The van der Waals surface area contributed by atoms with Gasteiger partial charge in [0.2, 0.25) is 6.54 Å². The molecule has 0 fully saturated rings. The maximum atomic E-state index is 12.2. The van der Waals surface area contributed by atoms with E-state index in [1.165, 1.54) is 0 Å². The van der Waals surface area contributed by atoms with Crippen molar-refractivity contribution in [2.75, 3.05) is 6.54 Å². The Morgan fingerprint density at radius 2 is 1.67 bits per heavy atom. The van der Waals surface area contributed by atoms with Gasteiger partial charge in [-0.1, -0.05) is 58.4 Å². The minimum atomic E-state index is -0.538. The van der Waals surface area contributed by atoms with Crippen molar-refractivity contribution < 1.29 is 14.5 Å². The summed E-state index contributed by atoms with van der Waals surface area (Å²) < 4.78 is 0.858.